The largest absolute Gasteiger partial charge is 0.339 e. The summed E-state index contributed by atoms with van der Waals surface area (Å²) >= 11 is 0. The molecule has 2 aromatic rings. The Bertz CT molecular complexity index is 549. The summed E-state index contributed by atoms with van der Waals surface area (Å²) in [5.41, 5.74) is 0.856. The molecule has 1 aromatic heterocycles. The average molecular weight is 261 g/mol. The Morgan fingerprint density at radius 1 is 1.42 bits per heavy atom. The fraction of sp³-hybridized carbons (Fsp3) is 0.429. The molecular weight excluding hydrogens is 245 g/mol. The molecule has 1 unspecified atom stereocenters. The molecule has 3 rings (SSSR count). The van der Waals surface area contributed by atoms with Crippen molar-refractivity contribution < 1.29 is 8.91 Å². The van der Waals surface area contributed by atoms with Gasteiger partial charge in [-0.1, -0.05) is 17.3 Å². The van der Waals surface area contributed by atoms with E-state index in [4.69, 9.17) is 4.52 Å². The van der Waals surface area contributed by atoms with E-state index in [1.54, 1.807) is 6.07 Å². The summed E-state index contributed by atoms with van der Waals surface area (Å²) in [6.45, 7) is 2.08. The first-order valence-electron chi connectivity index (χ1n) is 6.56. The first kappa shape index (κ1) is 12.3. The van der Waals surface area contributed by atoms with Crippen LogP contribution in [0.4, 0.5) is 4.39 Å². The van der Waals surface area contributed by atoms with Gasteiger partial charge in [0.2, 0.25) is 5.89 Å². The van der Waals surface area contributed by atoms with E-state index in [-0.39, 0.29) is 5.82 Å². The van der Waals surface area contributed by atoms with E-state index in [9.17, 15) is 4.39 Å². The van der Waals surface area contributed by atoms with Gasteiger partial charge in [-0.25, -0.2) is 4.39 Å². The highest BCUT2D eigenvalue weighted by molar-refractivity contribution is 5.19. The molecule has 0 spiro atoms. The summed E-state index contributed by atoms with van der Waals surface area (Å²) in [6, 6.07) is 6.48. The Balaban J connectivity index is 1.64. The second-order valence-corrected chi connectivity index (χ2v) is 4.97. The van der Waals surface area contributed by atoms with Gasteiger partial charge < -0.3 is 9.84 Å². The molecular formula is C14H16FN3O. The van der Waals surface area contributed by atoms with Crippen LogP contribution in [0.5, 0.6) is 0 Å². The molecule has 1 fully saturated rings. The predicted molar refractivity (Wildman–Crippen MR) is 68.2 cm³/mol. The van der Waals surface area contributed by atoms with Gasteiger partial charge in [0.25, 0.3) is 0 Å². The first-order valence-corrected chi connectivity index (χ1v) is 6.56. The maximum atomic E-state index is 13.1. The smallest absolute Gasteiger partial charge is 0.226 e. The summed E-state index contributed by atoms with van der Waals surface area (Å²) < 4.78 is 18.3. The number of hydrogen-bond donors (Lipinski definition) is 1. The van der Waals surface area contributed by atoms with Gasteiger partial charge in [0.05, 0.1) is 0 Å². The van der Waals surface area contributed by atoms with Crippen LogP contribution in [-0.2, 0) is 12.8 Å². The van der Waals surface area contributed by atoms with Crippen LogP contribution in [0, 0.1) is 11.7 Å². The van der Waals surface area contributed by atoms with Gasteiger partial charge in [-0.05, 0) is 43.1 Å². The van der Waals surface area contributed by atoms with Crippen molar-refractivity contribution in [3.05, 3.63) is 47.4 Å². The molecule has 0 amide bonds. The Morgan fingerprint density at radius 3 is 3.16 bits per heavy atom. The molecule has 1 aromatic carbocycles. The molecule has 1 saturated heterocycles. The third kappa shape index (κ3) is 3.17. The van der Waals surface area contributed by atoms with Crippen molar-refractivity contribution in [3.63, 3.8) is 0 Å². The molecule has 2 heterocycles. The maximum absolute atomic E-state index is 13.1. The number of benzene rings is 1. The quantitative estimate of drug-likeness (QED) is 0.914. The molecule has 100 valence electrons. The average Bonchev–Trinajstić information content (AvgIpc) is 3.02. The molecule has 0 radical (unpaired) electrons. The van der Waals surface area contributed by atoms with E-state index in [0.717, 1.165) is 31.5 Å². The van der Waals surface area contributed by atoms with Gasteiger partial charge >= 0.3 is 0 Å². The van der Waals surface area contributed by atoms with Crippen LogP contribution in [0.25, 0.3) is 0 Å². The molecule has 1 atom stereocenters. The second kappa shape index (κ2) is 5.48. The van der Waals surface area contributed by atoms with Gasteiger partial charge in [0.1, 0.15) is 5.82 Å². The summed E-state index contributed by atoms with van der Waals surface area (Å²) in [6.07, 6.45) is 2.48. The van der Waals surface area contributed by atoms with Crippen molar-refractivity contribution in [2.45, 2.75) is 19.3 Å². The second-order valence-electron chi connectivity index (χ2n) is 4.97. The van der Waals surface area contributed by atoms with Crippen molar-refractivity contribution in [2.24, 2.45) is 5.92 Å². The molecule has 19 heavy (non-hydrogen) atoms. The minimum Gasteiger partial charge on any atom is -0.339 e. The van der Waals surface area contributed by atoms with Gasteiger partial charge in [0.15, 0.2) is 5.82 Å². The van der Waals surface area contributed by atoms with E-state index < -0.39 is 0 Å². The highest BCUT2D eigenvalue weighted by atomic mass is 19.1. The monoisotopic (exact) mass is 261 g/mol. The number of nitrogens with one attached hydrogen (secondary N) is 1. The van der Waals surface area contributed by atoms with Crippen LogP contribution < -0.4 is 5.32 Å². The Labute approximate surface area is 111 Å². The zero-order chi connectivity index (χ0) is 13.1. The molecule has 1 N–H and O–H groups in total. The lowest BCUT2D eigenvalue weighted by atomic mass is 10.1. The van der Waals surface area contributed by atoms with Gasteiger partial charge in [-0.2, -0.15) is 4.98 Å². The summed E-state index contributed by atoms with van der Waals surface area (Å²) in [5.74, 6) is 1.65. The predicted octanol–water partition coefficient (Wildman–Crippen LogP) is 1.95. The van der Waals surface area contributed by atoms with E-state index >= 15 is 0 Å². The lowest BCUT2D eigenvalue weighted by molar-refractivity contribution is 0.354. The molecule has 0 saturated carbocycles. The van der Waals surface area contributed by atoms with Crippen LogP contribution in [0.2, 0.25) is 0 Å². The van der Waals surface area contributed by atoms with E-state index in [1.165, 1.54) is 12.1 Å². The van der Waals surface area contributed by atoms with Crippen LogP contribution in [0.1, 0.15) is 23.7 Å². The lowest BCUT2D eigenvalue weighted by Crippen LogP contribution is -2.10. The zero-order valence-electron chi connectivity index (χ0n) is 10.6. The van der Waals surface area contributed by atoms with E-state index in [0.29, 0.717) is 24.1 Å². The lowest BCUT2D eigenvalue weighted by Gasteiger charge is -2.01. The van der Waals surface area contributed by atoms with Crippen molar-refractivity contribution in [3.8, 4) is 0 Å². The number of halogens is 1. The molecule has 0 aliphatic carbocycles. The summed E-state index contributed by atoms with van der Waals surface area (Å²) in [4.78, 5) is 4.37. The SMILES string of the molecule is Fc1cccc(Cc2noc(CC3CCNC3)n2)c1. The van der Waals surface area contributed by atoms with Crippen LogP contribution in [0.3, 0.4) is 0 Å². The number of nitrogens with zero attached hydrogens (tertiary/aromatic N) is 2. The van der Waals surface area contributed by atoms with Crippen molar-refractivity contribution >= 4 is 0 Å². The van der Waals surface area contributed by atoms with Crippen LogP contribution in [0.15, 0.2) is 28.8 Å². The molecule has 0 bridgehead atoms. The Hall–Kier alpha value is -1.75. The molecule has 4 nitrogen and oxygen atoms in total. The number of aromatic nitrogens is 2. The van der Waals surface area contributed by atoms with Crippen LogP contribution in [-0.4, -0.2) is 23.2 Å². The number of hydrogen-bond acceptors (Lipinski definition) is 4. The van der Waals surface area contributed by atoms with Crippen LogP contribution >= 0.6 is 0 Å². The van der Waals surface area contributed by atoms with E-state index in [2.05, 4.69) is 15.5 Å². The summed E-state index contributed by atoms with van der Waals surface area (Å²) in [7, 11) is 0. The topological polar surface area (TPSA) is 51.0 Å². The van der Waals surface area contributed by atoms with Gasteiger partial charge in [-0.3, -0.25) is 0 Å². The Morgan fingerprint density at radius 2 is 2.37 bits per heavy atom. The standard InChI is InChI=1S/C14H16FN3O/c15-12-3-1-2-10(6-12)7-13-17-14(19-18-13)8-11-4-5-16-9-11/h1-3,6,11,16H,4-5,7-9H2. The molecule has 1 aliphatic rings. The van der Waals surface area contributed by atoms with Crippen molar-refractivity contribution in [1.82, 2.24) is 15.5 Å². The first-order chi connectivity index (χ1) is 9.29. The maximum Gasteiger partial charge on any atom is 0.226 e. The van der Waals surface area contributed by atoms with Crippen molar-refractivity contribution in [2.75, 3.05) is 13.1 Å². The van der Waals surface area contributed by atoms with Gasteiger partial charge in [0, 0.05) is 12.8 Å². The molecule has 1 aliphatic heterocycles. The fourth-order valence-corrected chi connectivity index (χ4v) is 2.41. The normalized spacial score (nSPS) is 18.9. The summed E-state index contributed by atoms with van der Waals surface area (Å²) in [5, 5.41) is 7.27. The van der Waals surface area contributed by atoms with Crippen molar-refractivity contribution in [1.29, 1.82) is 0 Å². The third-order valence-electron chi connectivity index (χ3n) is 3.39. The van der Waals surface area contributed by atoms with Gasteiger partial charge in [-0.15, -0.1) is 0 Å². The van der Waals surface area contributed by atoms with E-state index in [1.807, 2.05) is 6.07 Å². The highest BCUT2D eigenvalue weighted by Crippen LogP contribution is 2.15. The number of rotatable bonds is 4. The third-order valence-corrected chi connectivity index (χ3v) is 3.39. The minimum absolute atomic E-state index is 0.238. The minimum atomic E-state index is -0.238. The Kier molecular flexibility index (Phi) is 3.55. The zero-order valence-corrected chi connectivity index (χ0v) is 10.6. The molecule has 5 heteroatoms. The highest BCUT2D eigenvalue weighted by Gasteiger charge is 2.18. The fourth-order valence-electron chi connectivity index (χ4n) is 2.41.